The molecule has 3 rings (SSSR count). The molecule has 0 bridgehead atoms. The van der Waals surface area contributed by atoms with Crippen molar-refractivity contribution in [2.24, 2.45) is 0 Å². The van der Waals surface area contributed by atoms with Crippen LogP contribution in [0.15, 0.2) is 41.0 Å². The molecule has 3 aromatic rings. The molecule has 2 aromatic heterocycles. The van der Waals surface area contributed by atoms with Gasteiger partial charge in [0.15, 0.2) is 23.1 Å². The standard InChI is InChI=1S/C12H6BrF2N3/c13-8-2-4-11-16-17-12(18(11)6-8)7-1-3-9(14)10(15)5-7/h1-6H. The maximum absolute atomic E-state index is 13.2. The Morgan fingerprint density at radius 1 is 1.00 bits per heavy atom. The summed E-state index contributed by atoms with van der Waals surface area (Å²) < 4.78 is 28.7. The Morgan fingerprint density at radius 3 is 2.61 bits per heavy atom. The van der Waals surface area contributed by atoms with Gasteiger partial charge in [-0.25, -0.2) is 8.78 Å². The van der Waals surface area contributed by atoms with Crippen LogP contribution in [0.2, 0.25) is 0 Å². The van der Waals surface area contributed by atoms with Crippen LogP contribution in [-0.4, -0.2) is 14.6 Å². The van der Waals surface area contributed by atoms with Gasteiger partial charge in [0, 0.05) is 16.2 Å². The molecule has 0 aliphatic carbocycles. The Kier molecular flexibility index (Phi) is 2.59. The smallest absolute Gasteiger partial charge is 0.168 e. The molecule has 3 nitrogen and oxygen atoms in total. The molecule has 0 saturated heterocycles. The van der Waals surface area contributed by atoms with Gasteiger partial charge in [-0.05, 0) is 46.3 Å². The highest BCUT2D eigenvalue weighted by molar-refractivity contribution is 9.10. The summed E-state index contributed by atoms with van der Waals surface area (Å²) in [6, 6.07) is 7.26. The van der Waals surface area contributed by atoms with Crippen LogP contribution in [-0.2, 0) is 0 Å². The van der Waals surface area contributed by atoms with E-state index < -0.39 is 11.6 Å². The van der Waals surface area contributed by atoms with E-state index in [1.807, 2.05) is 6.07 Å². The van der Waals surface area contributed by atoms with E-state index in [0.717, 1.165) is 16.6 Å². The molecule has 0 aliphatic rings. The van der Waals surface area contributed by atoms with Crippen molar-refractivity contribution in [3.63, 3.8) is 0 Å². The van der Waals surface area contributed by atoms with Crippen LogP contribution < -0.4 is 0 Å². The molecule has 2 heterocycles. The summed E-state index contributed by atoms with van der Waals surface area (Å²) >= 11 is 3.34. The van der Waals surface area contributed by atoms with E-state index in [9.17, 15) is 8.78 Å². The molecule has 0 unspecified atom stereocenters. The summed E-state index contributed by atoms with van der Waals surface area (Å²) in [5.41, 5.74) is 1.11. The number of fused-ring (bicyclic) bond motifs is 1. The van der Waals surface area contributed by atoms with Gasteiger partial charge in [-0.15, -0.1) is 10.2 Å². The monoisotopic (exact) mass is 309 g/mol. The average Bonchev–Trinajstić information content (AvgIpc) is 2.75. The van der Waals surface area contributed by atoms with Gasteiger partial charge >= 0.3 is 0 Å². The second-order valence-electron chi connectivity index (χ2n) is 3.73. The van der Waals surface area contributed by atoms with Crippen molar-refractivity contribution in [2.45, 2.75) is 0 Å². The van der Waals surface area contributed by atoms with Crippen molar-refractivity contribution in [3.8, 4) is 11.4 Å². The zero-order valence-electron chi connectivity index (χ0n) is 8.94. The molecule has 6 heteroatoms. The Morgan fingerprint density at radius 2 is 1.83 bits per heavy atom. The predicted octanol–water partition coefficient (Wildman–Crippen LogP) is 3.44. The molecule has 0 atom stereocenters. The van der Waals surface area contributed by atoms with E-state index in [-0.39, 0.29) is 0 Å². The van der Waals surface area contributed by atoms with Crippen LogP contribution in [0.5, 0.6) is 0 Å². The Balaban J connectivity index is 2.24. The summed E-state index contributed by atoms with van der Waals surface area (Å²) in [6.45, 7) is 0. The number of halogens is 3. The molecule has 18 heavy (non-hydrogen) atoms. The van der Waals surface area contributed by atoms with Crippen LogP contribution in [0.1, 0.15) is 0 Å². The normalized spacial score (nSPS) is 11.1. The Labute approximate surface area is 109 Å². The van der Waals surface area contributed by atoms with Crippen molar-refractivity contribution in [3.05, 3.63) is 52.6 Å². The molecule has 0 amide bonds. The quantitative estimate of drug-likeness (QED) is 0.689. The molecule has 1 aromatic carbocycles. The fourth-order valence-corrected chi connectivity index (χ4v) is 2.03. The van der Waals surface area contributed by atoms with Crippen LogP contribution in [0.3, 0.4) is 0 Å². The molecule has 90 valence electrons. The SMILES string of the molecule is Fc1ccc(-c2nnc3ccc(Br)cn23)cc1F. The lowest BCUT2D eigenvalue weighted by Gasteiger charge is -2.01. The van der Waals surface area contributed by atoms with E-state index in [1.165, 1.54) is 6.07 Å². The number of hydrogen-bond donors (Lipinski definition) is 0. The molecule has 0 N–H and O–H groups in total. The number of benzene rings is 1. The molecule has 0 fully saturated rings. The van der Waals surface area contributed by atoms with Gasteiger partial charge in [-0.2, -0.15) is 0 Å². The first kappa shape index (κ1) is 11.3. The van der Waals surface area contributed by atoms with Gasteiger partial charge in [0.2, 0.25) is 0 Å². The van der Waals surface area contributed by atoms with E-state index >= 15 is 0 Å². The topological polar surface area (TPSA) is 30.2 Å². The summed E-state index contributed by atoms with van der Waals surface area (Å²) in [4.78, 5) is 0. The van der Waals surface area contributed by atoms with Crippen LogP contribution in [0.4, 0.5) is 8.78 Å². The highest BCUT2D eigenvalue weighted by Crippen LogP contribution is 2.22. The van der Waals surface area contributed by atoms with Crippen molar-refractivity contribution >= 4 is 21.6 Å². The van der Waals surface area contributed by atoms with Crippen molar-refractivity contribution in [1.29, 1.82) is 0 Å². The summed E-state index contributed by atoms with van der Waals surface area (Å²) in [7, 11) is 0. The second-order valence-corrected chi connectivity index (χ2v) is 4.64. The van der Waals surface area contributed by atoms with Gasteiger partial charge in [-0.1, -0.05) is 0 Å². The summed E-state index contributed by atoms with van der Waals surface area (Å²) in [5.74, 6) is -1.32. The minimum absolute atomic E-state index is 0.463. The molecule has 0 saturated carbocycles. The second kappa shape index (κ2) is 4.13. The number of hydrogen-bond acceptors (Lipinski definition) is 2. The van der Waals surface area contributed by atoms with Crippen LogP contribution in [0.25, 0.3) is 17.0 Å². The average molecular weight is 310 g/mol. The molecular formula is C12H6BrF2N3. The largest absolute Gasteiger partial charge is 0.281 e. The molecule has 0 radical (unpaired) electrons. The van der Waals surface area contributed by atoms with E-state index in [2.05, 4.69) is 26.1 Å². The van der Waals surface area contributed by atoms with Gasteiger partial charge in [0.25, 0.3) is 0 Å². The number of aromatic nitrogens is 3. The fourth-order valence-electron chi connectivity index (χ4n) is 1.70. The van der Waals surface area contributed by atoms with E-state index in [1.54, 1.807) is 16.7 Å². The fraction of sp³-hybridized carbons (Fsp3) is 0. The van der Waals surface area contributed by atoms with Gasteiger partial charge in [0.05, 0.1) is 0 Å². The maximum atomic E-state index is 13.2. The number of pyridine rings is 1. The van der Waals surface area contributed by atoms with Crippen molar-refractivity contribution < 1.29 is 8.78 Å². The highest BCUT2D eigenvalue weighted by atomic mass is 79.9. The number of rotatable bonds is 1. The maximum Gasteiger partial charge on any atom is 0.168 e. The van der Waals surface area contributed by atoms with Gasteiger partial charge in [-0.3, -0.25) is 4.40 Å². The van der Waals surface area contributed by atoms with Gasteiger partial charge < -0.3 is 0 Å². The molecule has 0 aliphatic heterocycles. The van der Waals surface area contributed by atoms with Crippen LogP contribution >= 0.6 is 15.9 Å². The third-order valence-corrected chi connectivity index (χ3v) is 3.01. The lowest BCUT2D eigenvalue weighted by atomic mass is 10.2. The van der Waals surface area contributed by atoms with E-state index in [4.69, 9.17) is 0 Å². The zero-order valence-corrected chi connectivity index (χ0v) is 10.5. The predicted molar refractivity (Wildman–Crippen MR) is 66.0 cm³/mol. The minimum Gasteiger partial charge on any atom is -0.281 e. The van der Waals surface area contributed by atoms with Crippen molar-refractivity contribution in [1.82, 2.24) is 14.6 Å². The molecular weight excluding hydrogens is 304 g/mol. The summed E-state index contributed by atoms with van der Waals surface area (Å²) in [6.07, 6.45) is 1.77. The first-order chi connectivity index (χ1) is 8.65. The summed E-state index contributed by atoms with van der Waals surface area (Å²) in [5, 5.41) is 7.94. The molecule has 0 spiro atoms. The third kappa shape index (κ3) is 1.78. The lowest BCUT2D eigenvalue weighted by molar-refractivity contribution is 0.509. The highest BCUT2D eigenvalue weighted by Gasteiger charge is 2.10. The first-order valence-corrected chi connectivity index (χ1v) is 5.90. The van der Waals surface area contributed by atoms with Crippen LogP contribution in [0, 0.1) is 11.6 Å². The Bertz CT molecular complexity index is 739. The van der Waals surface area contributed by atoms with Gasteiger partial charge in [0.1, 0.15) is 0 Å². The zero-order chi connectivity index (χ0) is 12.7. The Hall–Kier alpha value is -1.82. The first-order valence-electron chi connectivity index (χ1n) is 5.11. The van der Waals surface area contributed by atoms with Crippen molar-refractivity contribution in [2.75, 3.05) is 0 Å². The number of nitrogens with zero attached hydrogens (tertiary/aromatic N) is 3. The van der Waals surface area contributed by atoms with E-state index in [0.29, 0.717) is 17.0 Å². The lowest BCUT2D eigenvalue weighted by Crippen LogP contribution is -1.91. The third-order valence-electron chi connectivity index (χ3n) is 2.54. The minimum atomic E-state index is -0.903.